The molecule has 1 aliphatic rings. The first-order chi connectivity index (χ1) is 8.93. The van der Waals surface area contributed by atoms with Gasteiger partial charge in [0.05, 0.1) is 11.1 Å². The number of aryl methyl sites for hydroxylation is 1. The number of halogens is 1. The van der Waals surface area contributed by atoms with Crippen LogP contribution in [0.5, 0.6) is 0 Å². The van der Waals surface area contributed by atoms with Crippen LogP contribution in [0, 0.1) is 0 Å². The van der Waals surface area contributed by atoms with Gasteiger partial charge in [-0.05, 0) is 13.0 Å². The van der Waals surface area contributed by atoms with Crippen LogP contribution < -0.4 is 0 Å². The van der Waals surface area contributed by atoms with Crippen molar-refractivity contribution in [1.82, 2.24) is 9.47 Å². The number of hydrogen-bond donors (Lipinski definition) is 2. The van der Waals surface area contributed by atoms with Gasteiger partial charge in [0.25, 0.3) is 5.91 Å². The van der Waals surface area contributed by atoms with Gasteiger partial charge < -0.3 is 19.7 Å². The number of carboxylic acids is 1. The number of hydrogen-bond acceptors (Lipinski definition) is 3. The Labute approximate surface area is 115 Å². The number of aromatic nitrogens is 1. The quantitative estimate of drug-likeness (QED) is 0.862. The van der Waals surface area contributed by atoms with Crippen LogP contribution in [0.3, 0.4) is 0 Å². The number of aliphatic carboxylic acids is 1. The van der Waals surface area contributed by atoms with E-state index in [9.17, 15) is 14.7 Å². The van der Waals surface area contributed by atoms with Gasteiger partial charge >= 0.3 is 5.97 Å². The lowest BCUT2D eigenvalue weighted by molar-refractivity contribution is -0.141. The number of carbonyl (C=O) groups is 2. The Morgan fingerprint density at radius 2 is 2.21 bits per heavy atom. The van der Waals surface area contributed by atoms with Gasteiger partial charge in [-0.15, -0.1) is 0 Å². The van der Waals surface area contributed by atoms with Gasteiger partial charge in [-0.25, -0.2) is 4.79 Å². The van der Waals surface area contributed by atoms with Crippen LogP contribution >= 0.6 is 11.6 Å². The molecule has 19 heavy (non-hydrogen) atoms. The van der Waals surface area contributed by atoms with Crippen molar-refractivity contribution in [3.63, 3.8) is 0 Å². The maximum absolute atomic E-state index is 12.4. The van der Waals surface area contributed by atoms with Gasteiger partial charge in [0.15, 0.2) is 0 Å². The minimum Gasteiger partial charge on any atom is -0.480 e. The van der Waals surface area contributed by atoms with Gasteiger partial charge in [-0.3, -0.25) is 4.79 Å². The maximum atomic E-state index is 12.4. The van der Waals surface area contributed by atoms with Crippen LogP contribution in [0.25, 0.3) is 0 Å². The first-order valence-corrected chi connectivity index (χ1v) is 6.39. The summed E-state index contributed by atoms with van der Waals surface area (Å²) in [7, 11) is 0. The topological polar surface area (TPSA) is 82.8 Å². The summed E-state index contributed by atoms with van der Waals surface area (Å²) in [5, 5.41) is 19.1. The zero-order valence-electron chi connectivity index (χ0n) is 10.4. The third-order valence-corrected chi connectivity index (χ3v) is 3.45. The molecule has 1 saturated heterocycles. The Kier molecular flexibility index (Phi) is 3.82. The molecule has 104 valence electrons. The van der Waals surface area contributed by atoms with E-state index < -0.39 is 24.0 Å². The highest BCUT2D eigenvalue weighted by Crippen LogP contribution is 2.23. The molecule has 2 atom stereocenters. The SMILES string of the molecule is CCn1cc(Cl)cc1C(=O)N1C[C@H](O)C[C@@H]1C(=O)O. The summed E-state index contributed by atoms with van der Waals surface area (Å²) < 4.78 is 1.66. The fraction of sp³-hybridized carbons (Fsp3) is 0.500. The Hall–Kier alpha value is -1.53. The second kappa shape index (κ2) is 5.22. The summed E-state index contributed by atoms with van der Waals surface area (Å²) in [6, 6.07) is 0.526. The van der Waals surface area contributed by atoms with E-state index in [4.69, 9.17) is 16.7 Å². The van der Waals surface area contributed by atoms with Crippen molar-refractivity contribution in [3.8, 4) is 0 Å². The molecule has 1 aromatic rings. The molecule has 0 bridgehead atoms. The first-order valence-electron chi connectivity index (χ1n) is 6.01. The molecular formula is C12H15ClN2O4. The summed E-state index contributed by atoms with van der Waals surface area (Å²) in [5.74, 6) is -1.52. The van der Waals surface area contributed by atoms with Crippen LogP contribution in [0.4, 0.5) is 0 Å². The highest BCUT2D eigenvalue weighted by molar-refractivity contribution is 6.31. The number of amides is 1. The first kappa shape index (κ1) is 13.9. The van der Waals surface area contributed by atoms with Gasteiger partial charge in [0.2, 0.25) is 0 Å². The number of β-amino-alcohol motifs (C(OH)–C–C–N with tert-alkyl or cyclic N) is 1. The van der Waals surface area contributed by atoms with E-state index in [0.717, 1.165) is 0 Å². The molecule has 0 radical (unpaired) electrons. The number of likely N-dealkylation sites (tertiary alicyclic amines) is 1. The van der Waals surface area contributed by atoms with Crippen LogP contribution in [0.2, 0.25) is 5.02 Å². The van der Waals surface area contributed by atoms with Crippen LogP contribution in [-0.4, -0.2) is 50.2 Å². The van der Waals surface area contributed by atoms with Crippen molar-refractivity contribution in [1.29, 1.82) is 0 Å². The van der Waals surface area contributed by atoms with Crippen molar-refractivity contribution >= 4 is 23.5 Å². The van der Waals surface area contributed by atoms with Crippen LogP contribution in [0.15, 0.2) is 12.3 Å². The summed E-state index contributed by atoms with van der Waals surface area (Å²) >= 11 is 5.87. The van der Waals surface area contributed by atoms with E-state index in [1.165, 1.54) is 11.0 Å². The highest BCUT2D eigenvalue weighted by Gasteiger charge is 2.39. The number of nitrogens with zero attached hydrogens (tertiary/aromatic N) is 2. The fourth-order valence-corrected chi connectivity index (χ4v) is 2.56. The van der Waals surface area contributed by atoms with E-state index in [1.54, 1.807) is 10.8 Å². The predicted molar refractivity (Wildman–Crippen MR) is 68.2 cm³/mol. The monoisotopic (exact) mass is 286 g/mol. The van der Waals surface area contributed by atoms with E-state index in [0.29, 0.717) is 17.3 Å². The number of carboxylic acid groups (broad SMARTS) is 1. The van der Waals surface area contributed by atoms with Crippen molar-refractivity contribution in [2.45, 2.75) is 32.0 Å². The van der Waals surface area contributed by atoms with Crippen molar-refractivity contribution < 1.29 is 19.8 Å². The second-order valence-corrected chi connectivity index (χ2v) is 4.97. The Morgan fingerprint density at radius 3 is 2.79 bits per heavy atom. The van der Waals surface area contributed by atoms with Gasteiger partial charge in [0.1, 0.15) is 11.7 Å². The molecule has 7 heteroatoms. The molecule has 1 aliphatic heterocycles. The minimum atomic E-state index is -1.11. The van der Waals surface area contributed by atoms with E-state index in [1.807, 2.05) is 6.92 Å². The lowest BCUT2D eigenvalue weighted by Crippen LogP contribution is -2.41. The third-order valence-electron chi connectivity index (χ3n) is 3.25. The maximum Gasteiger partial charge on any atom is 0.326 e. The summed E-state index contributed by atoms with van der Waals surface area (Å²) in [5.41, 5.74) is 0.341. The van der Waals surface area contributed by atoms with Gasteiger partial charge in [-0.2, -0.15) is 0 Å². The fourth-order valence-electron chi connectivity index (χ4n) is 2.33. The number of rotatable bonds is 3. The molecule has 2 heterocycles. The molecule has 1 amide bonds. The molecule has 0 spiro atoms. The standard InChI is InChI=1S/C12H15ClN2O4/c1-2-14-5-7(13)3-9(14)11(17)15-6-8(16)4-10(15)12(18)19/h3,5,8,10,16H,2,4,6H2,1H3,(H,18,19)/t8-,10-/m1/s1. The molecule has 2 N–H and O–H groups in total. The van der Waals surface area contributed by atoms with Crippen molar-refractivity contribution in [2.75, 3.05) is 6.54 Å². The summed E-state index contributed by atoms with van der Waals surface area (Å²) in [6.07, 6.45) is 0.879. The molecular weight excluding hydrogens is 272 g/mol. The Balaban J connectivity index is 2.30. The van der Waals surface area contributed by atoms with Crippen molar-refractivity contribution in [3.05, 3.63) is 23.0 Å². The van der Waals surface area contributed by atoms with Crippen molar-refractivity contribution in [2.24, 2.45) is 0 Å². The molecule has 0 unspecified atom stereocenters. The van der Waals surface area contributed by atoms with E-state index in [2.05, 4.69) is 0 Å². The smallest absolute Gasteiger partial charge is 0.326 e. The molecule has 1 aromatic heterocycles. The summed E-state index contributed by atoms with van der Waals surface area (Å²) in [4.78, 5) is 24.7. The van der Waals surface area contributed by atoms with Crippen LogP contribution in [-0.2, 0) is 11.3 Å². The van der Waals surface area contributed by atoms with Gasteiger partial charge in [-0.1, -0.05) is 11.6 Å². The van der Waals surface area contributed by atoms with E-state index in [-0.39, 0.29) is 13.0 Å². The average molecular weight is 287 g/mol. The molecule has 0 aliphatic carbocycles. The normalized spacial score (nSPS) is 22.8. The number of carbonyl (C=O) groups excluding carboxylic acids is 1. The number of aliphatic hydroxyl groups is 1. The predicted octanol–water partition coefficient (Wildman–Crippen LogP) is 0.821. The highest BCUT2D eigenvalue weighted by atomic mass is 35.5. The third kappa shape index (κ3) is 2.59. The molecule has 0 aromatic carbocycles. The van der Waals surface area contributed by atoms with E-state index >= 15 is 0 Å². The largest absolute Gasteiger partial charge is 0.480 e. The molecule has 2 rings (SSSR count). The molecule has 6 nitrogen and oxygen atoms in total. The Morgan fingerprint density at radius 1 is 1.53 bits per heavy atom. The Bertz CT molecular complexity index is 514. The lowest BCUT2D eigenvalue weighted by Gasteiger charge is -2.21. The van der Waals surface area contributed by atoms with Crippen LogP contribution in [0.1, 0.15) is 23.8 Å². The zero-order valence-corrected chi connectivity index (χ0v) is 11.2. The van der Waals surface area contributed by atoms with Gasteiger partial charge in [0, 0.05) is 25.7 Å². The molecule has 1 fully saturated rings. The minimum absolute atomic E-state index is 0.0301. The zero-order chi connectivity index (χ0) is 14.2. The lowest BCUT2D eigenvalue weighted by atomic mass is 10.2. The molecule has 0 saturated carbocycles. The average Bonchev–Trinajstić information content (AvgIpc) is 2.91. The second-order valence-electron chi connectivity index (χ2n) is 4.53. The summed E-state index contributed by atoms with van der Waals surface area (Å²) in [6.45, 7) is 2.45. The number of aliphatic hydroxyl groups excluding tert-OH is 1.